The van der Waals surface area contributed by atoms with Crippen LogP contribution < -0.4 is 0 Å². The molecule has 68 valence electrons. The normalized spacial score (nSPS) is 16.8. The topological polar surface area (TPSA) is 35.0 Å². The fourth-order valence-corrected chi connectivity index (χ4v) is 1.35. The van der Waals surface area contributed by atoms with Gasteiger partial charge in [-0.25, -0.2) is 0 Å². The molecule has 1 aliphatic rings. The molecular formula is C9H9ClN2O. The Kier molecular flexibility index (Phi) is 2.57. The first-order chi connectivity index (χ1) is 6.36. The second-order valence-corrected chi connectivity index (χ2v) is 3.18. The van der Waals surface area contributed by atoms with Crippen LogP contribution in [-0.2, 0) is 4.74 Å². The van der Waals surface area contributed by atoms with Crippen molar-refractivity contribution in [3.8, 4) is 0 Å². The maximum absolute atomic E-state index is 5.63. The van der Waals surface area contributed by atoms with E-state index in [1.807, 2.05) is 12.1 Å². The van der Waals surface area contributed by atoms with Crippen molar-refractivity contribution >= 4 is 17.2 Å². The molecule has 0 N–H and O–H groups in total. The second kappa shape index (κ2) is 3.85. The lowest BCUT2D eigenvalue weighted by molar-refractivity contribution is 0.161. The van der Waals surface area contributed by atoms with E-state index in [-0.39, 0.29) is 0 Å². The zero-order chi connectivity index (χ0) is 9.10. The van der Waals surface area contributed by atoms with Gasteiger partial charge in [0.15, 0.2) is 5.15 Å². The first-order valence-corrected chi connectivity index (χ1v) is 4.50. The van der Waals surface area contributed by atoms with Gasteiger partial charge in [-0.05, 0) is 24.1 Å². The second-order valence-electron chi connectivity index (χ2n) is 2.80. The van der Waals surface area contributed by atoms with Crippen molar-refractivity contribution < 1.29 is 4.74 Å². The van der Waals surface area contributed by atoms with Gasteiger partial charge in [0.2, 0.25) is 0 Å². The zero-order valence-electron chi connectivity index (χ0n) is 7.03. The van der Waals surface area contributed by atoms with Crippen molar-refractivity contribution in [2.24, 2.45) is 0 Å². The first-order valence-electron chi connectivity index (χ1n) is 4.12. The van der Waals surface area contributed by atoms with Crippen LogP contribution in [0.1, 0.15) is 12.1 Å². The molecule has 0 spiro atoms. The lowest BCUT2D eigenvalue weighted by Gasteiger charge is -2.11. The minimum absolute atomic E-state index is 0.427. The summed E-state index contributed by atoms with van der Waals surface area (Å²) in [5, 5.41) is 8.21. The van der Waals surface area contributed by atoms with E-state index in [1.54, 1.807) is 6.07 Å². The zero-order valence-corrected chi connectivity index (χ0v) is 7.79. The highest BCUT2D eigenvalue weighted by molar-refractivity contribution is 6.29. The quantitative estimate of drug-likeness (QED) is 0.689. The van der Waals surface area contributed by atoms with Crippen LogP contribution in [0.25, 0.3) is 5.57 Å². The van der Waals surface area contributed by atoms with Gasteiger partial charge < -0.3 is 4.74 Å². The summed E-state index contributed by atoms with van der Waals surface area (Å²) < 4.78 is 5.19. The molecule has 0 atom stereocenters. The average molecular weight is 197 g/mol. The van der Waals surface area contributed by atoms with Crippen LogP contribution in [-0.4, -0.2) is 23.4 Å². The number of hydrogen-bond acceptors (Lipinski definition) is 3. The molecule has 4 heteroatoms. The molecule has 3 nitrogen and oxygen atoms in total. The van der Waals surface area contributed by atoms with E-state index in [4.69, 9.17) is 16.3 Å². The number of rotatable bonds is 1. The molecule has 13 heavy (non-hydrogen) atoms. The fourth-order valence-electron chi connectivity index (χ4n) is 1.25. The van der Waals surface area contributed by atoms with Gasteiger partial charge in [0, 0.05) is 0 Å². The standard InChI is InChI=1S/C9H9ClN2O/c10-9-2-1-8(11-12-9)7-3-5-13-6-4-7/h1-3H,4-6H2. The highest BCUT2D eigenvalue weighted by Gasteiger charge is 2.07. The third kappa shape index (κ3) is 2.05. The summed E-state index contributed by atoms with van der Waals surface area (Å²) >= 11 is 5.63. The Labute approximate surface area is 81.4 Å². The van der Waals surface area contributed by atoms with Gasteiger partial charge in [0.05, 0.1) is 18.9 Å². The average Bonchev–Trinajstić information content (AvgIpc) is 2.20. The summed E-state index contributed by atoms with van der Waals surface area (Å²) in [6.45, 7) is 1.43. The van der Waals surface area contributed by atoms with E-state index in [0.717, 1.165) is 18.7 Å². The van der Waals surface area contributed by atoms with E-state index in [1.165, 1.54) is 5.57 Å². The molecule has 0 fully saturated rings. The predicted molar refractivity (Wildman–Crippen MR) is 50.5 cm³/mol. The van der Waals surface area contributed by atoms with Crippen LogP contribution in [0.5, 0.6) is 0 Å². The van der Waals surface area contributed by atoms with Crippen LogP contribution in [0.15, 0.2) is 18.2 Å². The summed E-state index contributed by atoms with van der Waals surface area (Å²) in [6.07, 6.45) is 2.93. The molecule has 0 saturated heterocycles. The monoisotopic (exact) mass is 196 g/mol. The van der Waals surface area contributed by atoms with E-state index < -0.39 is 0 Å². The molecule has 0 aliphatic carbocycles. The van der Waals surface area contributed by atoms with Crippen molar-refractivity contribution in [3.05, 3.63) is 29.1 Å². The lowest BCUT2D eigenvalue weighted by Crippen LogP contribution is -2.05. The number of halogens is 1. The van der Waals surface area contributed by atoms with E-state index in [9.17, 15) is 0 Å². The van der Waals surface area contributed by atoms with Gasteiger partial charge in [-0.15, -0.1) is 10.2 Å². The van der Waals surface area contributed by atoms with Crippen LogP contribution >= 0.6 is 11.6 Å². The Hall–Kier alpha value is -0.930. The molecule has 1 aromatic rings. The molecule has 0 aromatic carbocycles. The molecular weight excluding hydrogens is 188 g/mol. The molecule has 2 heterocycles. The van der Waals surface area contributed by atoms with E-state index in [2.05, 4.69) is 10.2 Å². The SMILES string of the molecule is Clc1ccc(C2=CCOCC2)nn1. The molecule has 1 aliphatic heterocycles. The molecule has 0 amide bonds. The van der Waals surface area contributed by atoms with Gasteiger partial charge in [-0.3, -0.25) is 0 Å². The van der Waals surface area contributed by atoms with Gasteiger partial charge in [0.25, 0.3) is 0 Å². The number of hydrogen-bond donors (Lipinski definition) is 0. The van der Waals surface area contributed by atoms with E-state index >= 15 is 0 Å². The smallest absolute Gasteiger partial charge is 0.151 e. The minimum atomic E-state index is 0.427. The Morgan fingerprint density at radius 3 is 2.85 bits per heavy atom. The molecule has 0 unspecified atom stereocenters. The van der Waals surface area contributed by atoms with Crippen LogP contribution in [0, 0.1) is 0 Å². The van der Waals surface area contributed by atoms with Crippen LogP contribution in [0.4, 0.5) is 0 Å². The van der Waals surface area contributed by atoms with Gasteiger partial charge in [0.1, 0.15) is 0 Å². The third-order valence-electron chi connectivity index (χ3n) is 1.92. The molecule has 2 rings (SSSR count). The molecule has 0 bridgehead atoms. The lowest BCUT2D eigenvalue weighted by atomic mass is 10.1. The molecule has 0 saturated carbocycles. The summed E-state index contributed by atoms with van der Waals surface area (Å²) in [7, 11) is 0. The minimum Gasteiger partial charge on any atom is -0.377 e. The maximum atomic E-state index is 5.63. The van der Waals surface area contributed by atoms with E-state index in [0.29, 0.717) is 11.8 Å². The number of aromatic nitrogens is 2. The van der Waals surface area contributed by atoms with Crippen molar-refractivity contribution in [2.45, 2.75) is 6.42 Å². The highest BCUT2D eigenvalue weighted by Crippen LogP contribution is 2.18. The maximum Gasteiger partial charge on any atom is 0.151 e. The summed E-state index contributed by atoms with van der Waals surface area (Å²) in [4.78, 5) is 0. The van der Waals surface area contributed by atoms with Crippen molar-refractivity contribution in [1.82, 2.24) is 10.2 Å². The number of ether oxygens (including phenoxy) is 1. The number of nitrogens with zero attached hydrogens (tertiary/aromatic N) is 2. The Morgan fingerprint density at radius 1 is 1.31 bits per heavy atom. The summed E-state index contributed by atoms with van der Waals surface area (Å²) in [5.41, 5.74) is 2.09. The van der Waals surface area contributed by atoms with Gasteiger partial charge in [-0.1, -0.05) is 17.7 Å². The first kappa shape index (κ1) is 8.66. The highest BCUT2D eigenvalue weighted by atomic mass is 35.5. The Balaban J connectivity index is 2.24. The Bertz CT molecular complexity index is 321. The molecule has 0 radical (unpaired) electrons. The summed E-state index contributed by atoms with van der Waals surface area (Å²) in [6, 6.07) is 3.63. The molecule has 1 aromatic heterocycles. The van der Waals surface area contributed by atoms with Crippen LogP contribution in [0.3, 0.4) is 0 Å². The Morgan fingerprint density at radius 2 is 2.23 bits per heavy atom. The van der Waals surface area contributed by atoms with Gasteiger partial charge in [-0.2, -0.15) is 0 Å². The largest absolute Gasteiger partial charge is 0.377 e. The van der Waals surface area contributed by atoms with Crippen molar-refractivity contribution in [3.63, 3.8) is 0 Å². The van der Waals surface area contributed by atoms with Gasteiger partial charge >= 0.3 is 0 Å². The van der Waals surface area contributed by atoms with Crippen molar-refractivity contribution in [2.75, 3.05) is 13.2 Å². The van der Waals surface area contributed by atoms with Crippen molar-refractivity contribution in [1.29, 1.82) is 0 Å². The van der Waals surface area contributed by atoms with Crippen LogP contribution in [0.2, 0.25) is 5.15 Å². The third-order valence-corrected chi connectivity index (χ3v) is 2.13. The summed E-state index contributed by atoms with van der Waals surface area (Å²) in [5.74, 6) is 0. The fraction of sp³-hybridized carbons (Fsp3) is 0.333. The predicted octanol–water partition coefficient (Wildman–Crippen LogP) is 1.93.